The second-order valence-electron chi connectivity index (χ2n) is 7.73. The van der Waals surface area contributed by atoms with Gasteiger partial charge in [0.25, 0.3) is 0 Å². The van der Waals surface area contributed by atoms with Crippen molar-refractivity contribution < 1.29 is 4.79 Å². The average molecular weight is 498 g/mol. The zero-order valence-corrected chi connectivity index (χ0v) is 19.4. The van der Waals surface area contributed by atoms with E-state index in [1.54, 1.807) is 0 Å². The van der Waals surface area contributed by atoms with Crippen LogP contribution in [0.25, 0.3) is 0 Å². The predicted molar refractivity (Wildman–Crippen MR) is 126 cm³/mol. The van der Waals surface area contributed by atoms with Crippen molar-refractivity contribution in [1.82, 2.24) is 15.5 Å². The fourth-order valence-electron chi connectivity index (χ4n) is 4.19. The number of halogens is 1. The van der Waals surface area contributed by atoms with Crippen LogP contribution in [0.15, 0.2) is 35.3 Å². The lowest BCUT2D eigenvalue weighted by molar-refractivity contribution is -0.121. The van der Waals surface area contributed by atoms with Gasteiger partial charge in [-0.1, -0.05) is 49.6 Å². The molecule has 0 radical (unpaired) electrons. The first kappa shape index (κ1) is 23.0. The molecule has 2 fully saturated rings. The molecule has 1 aromatic carbocycles. The number of nitrogens with one attached hydrogen (secondary N) is 2. The Morgan fingerprint density at radius 3 is 2.61 bits per heavy atom. The summed E-state index contributed by atoms with van der Waals surface area (Å²) in [7, 11) is 0. The first-order chi connectivity index (χ1) is 13.3. The fourth-order valence-corrected chi connectivity index (χ4v) is 4.19. The predicted octanol–water partition coefficient (Wildman–Crippen LogP) is 3.90. The number of guanidine groups is 1. The third-order valence-corrected chi connectivity index (χ3v) is 5.66. The topological polar surface area (TPSA) is 56.7 Å². The van der Waals surface area contributed by atoms with Gasteiger partial charge in [-0.25, -0.2) is 0 Å². The summed E-state index contributed by atoms with van der Waals surface area (Å²) < 4.78 is 0. The van der Waals surface area contributed by atoms with Crippen LogP contribution in [0.1, 0.15) is 63.4 Å². The normalized spacial score (nSPS) is 20.5. The molecule has 156 valence electrons. The lowest BCUT2D eigenvalue weighted by Gasteiger charge is -2.23. The molecule has 5 nitrogen and oxygen atoms in total. The summed E-state index contributed by atoms with van der Waals surface area (Å²) in [4.78, 5) is 19.3. The molecule has 28 heavy (non-hydrogen) atoms. The zero-order valence-electron chi connectivity index (χ0n) is 17.0. The maximum absolute atomic E-state index is 12.2. The Hall–Kier alpha value is -1.31. The van der Waals surface area contributed by atoms with E-state index in [2.05, 4.69) is 52.8 Å². The number of nitrogens with zero attached hydrogens (tertiary/aromatic N) is 2. The molecule has 1 heterocycles. The van der Waals surface area contributed by atoms with E-state index in [-0.39, 0.29) is 29.9 Å². The van der Waals surface area contributed by atoms with Gasteiger partial charge in [-0.2, -0.15) is 0 Å². The maximum atomic E-state index is 12.2. The van der Waals surface area contributed by atoms with Crippen LogP contribution in [0.4, 0.5) is 0 Å². The fraction of sp³-hybridized carbons (Fsp3) is 0.636. The first-order valence-electron chi connectivity index (χ1n) is 10.6. The zero-order chi connectivity index (χ0) is 18.9. The summed E-state index contributed by atoms with van der Waals surface area (Å²) in [6.07, 6.45) is 7.68. The van der Waals surface area contributed by atoms with Gasteiger partial charge in [0, 0.05) is 38.0 Å². The molecule has 1 aliphatic carbocycles. The van der Waals surface area contributed by atoms with E-state index in [0.717, 1.165) is 44.9 Å². The summed E-state index contributed by atoms with van der Waals surface area (Å²) >= 11 is 0. The second-order valence-corrected chi connectivity index (χ2v) is 7.73. The van der Waals surface area contributed by atoms with Gasteiger partial charge in [0.2, 0.25) is 5.91 Å². The highest BCUT2D eigenvalue weighted by Crippen LogP contribution is 2.26. The maximum Gasteiger partial charge on any atom is 0.222 e. The minimum absolute atomic E-state index is 0. The highest BCUT2D eigenvalue weighted by molar-refractivity contribution is 14.0. The summed E-state index contributed by atoms with van der Waals surface area (Å²) in [5.41, 5.74) is 1.41. The van der Waals surface area contributed by atoms with Crippen molar-refractivity contribution in [1.29, 1.82) is 0 Å². The lowest BCUT2D eigenvalue weighted by Crippen LogP contribution is -2.40. The molecule has 1 saturated carbocycles. The van der Waals surface area contributed by atoms with E-state index >= 15 is 0 Å². The summed E-state index contributed by atoms with van der Waals surface area (Å²) in [5, 5.41) is 6.58. The molecule has 1 aromatic rings. The van der Waals surface area contributed by atoms with Crippen LogP contribution in [0.3, 0.4) is 0 Å². The highest BCUT2D eigenvalue weighted by atomic mass is 127. The minimum atomic E-state index is 0. The summed E-state index contributed by atoms with van der Waals surface area (Å²) in [6.45, 7) is 5.49. The molecule has 2 aliphatic rings. The van der Waals surface area contributed by atoms with Gasteiger partial charge < -0.3 is 15.5 Å². The number of hydrogen-bond donors (Lipinski definition) is 2. The van der Waals surface area contributed by atoms with Crippen LogP contribution in [0, 0.1) is 0 Å². The van der Waals surface area contributed by atoms with Crippen LogP contribution in [-0.4, -0.2) is 49.0 Å². The van der Waals surface area contributed by atoms with Crippen LogP contribution >= 0.6 is 24.0 Å². The Kier molecular flexibility index (Phi) is 10.1. The van der Waals surface area contributed by atoms with E-state index in [9.17, 15) is 4.79 Å². The van der Waals surface area contributed by atoms with Crippen LogP contribution in [-0.2, 0) is 4.79 Å². The second kappa shape index (κ2) is 12.3. The lowest BCUT2D eigenvalue weighted by atomic mass is 9.95. The molecule has 1 saturated heterocycles. The molecule has 0 bridgehead atoms. The SMILES string of the molecule is CCNC(=NCCC(=O)NC1CCCCC1)N1CCC(c2ccccc2)C1.I. The Bertz CT molecular complexity index is 616. The van der Waals surface area contributed by atoms with Gasteiger partial charge in [0.05, 0.1) is 6.54 Å². The van der Waals surface area contributed by atoms with Gasteiger partial charge in [0.1, 0.15) is 0 Å². The van der Waals surface area contributed by atoms with Crippen molar-refractivity contribution in [3.05, 3.63) is 35.9 Å². The molecule has 1 aliphatic heterocycles. The quantitative estimate of drug-likeness (QED) is 0.356. The van der Waals surface area contributed by atoms with Crippen molar-refractivity contribution >= 4 is 35.8 Å². The Balaban J connectivity index is 0.00000280. The van der Waals surface area contributed by atoms with Crippen molar-refractivity contribution in [3.63, 3.8) is 0 Å². The first-order valence-corrected chi connectivity index (χ1v) is 10.6. The van der Waals surface area contributed by atoms with Crippen molar-refractivity contribution in [2.45, 2.75) is 63.8 Å². The molecule has 1 amide bonds. The van der Waals surface area contributed by atoms with Gasteiger partial charge in [-0.05, 0) is 31.7 Å². The van der Waals surface area contributed by atoms with E-state index in [1.165, 1.54) is 24.8 Å². The molecular weight excluding hydrogens is 463 g/mol. The number of carbonyl (C=O) groups excluding carboxylic acids is 1. The number of likely N-dealkylation sites (tertiary alicyclic amines) is 1. The molecule has 1 atom stereocenters. The Labute approximate surface area is 186 Å². The number of carbonyl (C=O) groups is 1. The van der Waals surface area contributed by atoms with Crippen LogP contribution < -0.4 is 10.6 Å². The molecule has 1 unspecified atom stereocenters. The number of amides is 1. The van der Waals surface area contributed by atoms with Gasteiger partial charge in [-0.15, -0.1) is 24.0 Å². The molecule has 3 rings (SSSR count). The third kappa shape index (κ3) is 6.94. The van der Waals surface area contributed by atoms with Gasteiger partial charge in [0.15, 0.2) is 5.96 Å². The van der Waals surface area contributed by atoms with Crippen molar-refractivity contribution in [2.24, 2.45) is 4.99 Å². The smallest absolute Gasteiger partial charge is 0.222 e. The van der Waals surface area contributed by atoms with E-state index in [0.29, 0.717) is 24.9 Å². The van der Waals surface area contributed by atoms with E-state index in [1.807, 2.05) is 0 Å². The van der Waals surface area contributed by atoms with Crippen molar-refractivity contribution in [3.8, 4) is 0 Å². The van der Waals surface area contributed by atoms with E-state index in [4.69, 9.17) is 4.99 Å². The number of benzene rings is 1. The van der Waals surface area contributed by atoms with Crippen LogP contribution in [0.5, 0.6) is 0 Å². The largest absolute Gasteiger partial charge is 0.357 e. The van der Waals surface area contributed by atoms with Gasteiger partial charge in [-0.3, -0.25) is 9.79 Å². The number of aliphatic imine (C=N–C) groups is 1. The number of rotatable bonds is 6. The Morgan fingerprint density at radius 2 is 1.89 bits per heavy atom. The molecule has 6 heteroatoms. The minimum Gasteiger partial charge on any atom is -0.357 e. The highest BCUT2D eigenvalue weighted by Gasteiger charge is 2.26. The summed E-state index contributed by atoms with van der Waals surface area (Å²) in [6, 6.07) is 11.1. The molecule has 0 aromatic heterocycles. The van der Waals surface area contributed by atoms with Gasteiger partial charge >= 0.3 is 0 Å². The molecular formula is C22H35IN4O. The third-order valence-electron chi connectivity index (χ3n) is 5.66. The van der Waals surface area contributed by atoms with Crippen molar-refractivity contribution in [2.75, 3.05) is 26.2 Å². The Morgan fingerprint density at radius 1 is 1.14 bits per heavy atom. The van der Waals surface area contributed by atoms with E-state index < -0.39 is 0 Å². The summed E-state index contributed by atoms with van der Waals surface area (Å²) in [5.74, 6) is 1.65. The molecule has 2 N–H and O–H groups in total. The van der Waals surface area contributed by atoms with Crippen LogP contribution in [0.2, 0.25) is 0 Å². The average Bonchev–Trinajstić information content (AvgIpc) is 3.19. The number of hydrogen-bond acceptors (Lipinski definition) is 2. The monoisotopic (exact) mass is 498 g/mol. The molecule has 0 spiro atoms. The standard InChI is InChI=1S/C22H34N4O.HI/c1-2-23-22(24-15-13-21(27)25-20-11-7-4-8-12-20)26-16-14-19(17-26)18-9-5-3-6-10-18;/h3,5-6,9-10,19-20H,2,4,7-8,11-17H2,1H3,(H,23,24)(H,25,27);1H.